The van der Waals surface area contributed by atoms with Crippen LogP contribution in [0.15, 0.2) is 65.8 Å². The van der Waals surface area contributed by atoms with Gasteiger partial charge in [-0.15, -0.1) is 0 Å². The summed E-state index contributed by atoms with van der Waals surface area (Å²) in [5, 5.41) is 4.67. The van der Waals surface area contributed by atoms with E-state index in [1.807, 2.05) is 32.0 Å². The zero-order chi connectivity index (χ0) is 24.7. The molecule has 2 aromatic carbocycles. The Kier molecular flexibility index (Phi) is 5.76. The summed E-state index contributed by atoms with van der Waals surface area (Å²) in [6.07, 6.45) is 3.16. The van der Waals surface area contributed by atoms with Crippen LogP contribution in [0.1, 0.15) is 17.5 Å². The van der Waals surface area contributed by atoms with E-state index >= 15 is 0 Å². The first-order valence-corrected chi connectivity index (χ1v) is 13.1. The number of sulfone groups is 1. The summed E-state index contributed by atoms with van der Waals surface area (Å²) in [6.45, 7) is 3.71. The van der Waals surface area contributed by atoms with Crippen LogP contribution >= 0.6 is 0 Å². The number of rotatable bonds is 5. The molecule has 10 heteroatoms. The summed E-state index contributed by atoms with van der Waals surface area (Å²) in [4.78, 5) is 32.6. The van der Waals surface area contributed by atoms with Crippen molar-refractivity contribution in [2.24, 2.45) is 0 Å². The van der Waals surface area contributed by atoms with Crippen molar-refractivity contribution in [3.05, 3.63) is 82.5 Å². The van der Waals surface area contributed by atoms with E-state index in [1.165, 1.54) is 22.0 Å². The van der Waals surface area contributed by atoms with Crippen LogP contribution in [0.4, 0.5) is 5.69 Å². The van der Waals surface area contributed by atoms with E-state index in [2.05, 4.69) is 16.1 Å². The second kappa shape index (κ2) is 8.77. The topological polar surface area (TPSA) is 107 Å². The lowest BCUT2D eigenvalue weighted by Gasteiger charge is -2.28. The number of aromatic nitrogens is 4. The van der Waals surface area contributed by atoms with Crippen LogP contribution in [-0.4, -0.2) is 51.2 Å². The monoisotopic (exact) mass is 491 g/mol. The van der Waals surface area contributed by atoms with Gasteiger partial charge in [-0.2, -0.15) is 5.10 Å². The highest BCUT2D eigenvalue weighted by atomic mass is 32.2. The number of carbonyl (C=O) groups excluding carboxylic acids is 1. The molecule has 1 atom stereocenters. The van der Waals surface area contributed by atoms with Crippen LogP contribution in [-0.2, 0) is 21.2 Å². The second-order valence-corrected chi connectivity index (χ2v) is 11.2. The van der Waals surface area contributed by atoms with Gasteiger partial charge in [-0.1, -0.05) is 24.3 Å². The first-order valence-electron chi connectivity index (χ1n) is 11.3. The number of amides is 1. The van der Waals surface area contributed by atoms with Crippen LogP contribution in [0.25, 0.3) is 16.7 Å². The highest BCUT2D eigenvalue weighted by Crippen LogP contribution is 2.25. The van der Waals surface area contributed by atoms with E-state index < -0.39 is 15.9 Å². The molecule has 0 saturated carbocycles. The highest BCUT2D eigenvalue weighted by Gasteiger charge is 2.35. The lowest BCUT2D eigenvalue weighted by molar-refractivity contribution is -0.119. The molecular formula is C25H25N5O4S. The smallest absolute Gasteiger partial charge is 0.264 e. The van der Waals surface area contributed by atoms with E-state index in [-0.39, 0.29) is 29.5 Å². The Morgan fingerprint density at radius 3 is 2.49 bits per heavy atom. The third-order valence-corrected chi connectivity index (χ3v) is 7.94. The van der Waals surface area contributed by atoms with E-state index in [0.29, 0.717) is 23.1 Å². The van der Waals surface area contributed by atoms with Gasteiger partial charge in [-0.25, -0.2) is 18.1 Å². The number of aryl methyl sites for hydroxylation is 2. The molecule has 0 aliphatic carbocycles. The summed E-state index contributed by atoms with van der Waals surface area (Å²) in [7, 11) is -3.21. The molecule has 3 heterocycles. The predicted molar refractivity (Wildman–Crippen MR) is 134 cm³/mol. The Balaban J connectivity index is 1.49. The second-order valence-electron chi connectivity index (χ2n) is 8.97. The van der Waals surface area contributed by atoms with Gasteiger partial charge < -0.3 is 4.90 Å². The summed E-state index contributed by atoms with van der Waals surface area (Å²) >= 11 is 0. The van der Waals surface area contributed by atoms with Gasteiger partial charge in [-0.3, -0.25) is 14.2 Å². The Morgan fingerprint density at radius 1 is 1.11 bits per heavy atom. The normalized spacial score (nSPS) is 17.0. The van der Waals surface area contributed by atoms with Gasteiger partial charge in [0.2, 0.25) is 5.91 Å². The van der Waals surface area contributed by atoms with Gasteiger partial charge in [0.15, 0.2) is 15.5 Å². The van der Waals surface area contributed by atoms with Crippen molar-refractivity contribution < 1.29 is 13.2 Å². The van der Waals surface area contributed by atoms with Gasteiger partial charge in [0.1, 0.15) is 18.3 Å². The average molecular weight is 492 g/mol. The molecule has 2 aromatic heterocycles. The van der Waals surface area contributed by atoms with Crippen molar-refractivity contribution in [1.82, 2.24) is 19.3 Å². The molecule has 35 heavy (non-hydrogen) atoms. The van der Waals surface area contributed by atoms with Gasteiger partial charge >= 0.3 is 0 Å². The van der Waals surface area contributed by atoms with Crippen LogP contribution in [0, 0.1) is 13.8 Å². The minimum absolute atomic E-state index is 0.0410. The maximum atomic E-state index is 13.4. The molecule has 9 nitrogen and oxygen atoms in total. The number of nitrogens with zero attached hydrogens (tertiary/aromatic N) is 5. The molecule has 0 spiro atoms. The summed E-state index contributed by atoms with van der Waals surface area (Å²) in [5.41, 5.74) is 3.56. The maximum absolute atomic E-state index is 13.4. The van der Waals surface area contributed by atoms with E-state index in [1.54, 1.807) is 28.9 Å². The number of anilines is 1. The number of hydrogen-bond acceptors (Lipinski definition) is 6. The van der Waals surface area contributed by atoms with Crippen LogP contribution in [0.3, 0.4) is 0 Å². The van der Waals surface area contributed by atoms with Crippen LogP contribution in [0.2, 0.25) is 0 Å². The minimum Gasteiger partial charge on any atom is -0.307 e. The Hall–Kier alpha value is -3.79. The van der Waals surface area contributed by atoms with Gasteiger partial charge in [0, 0.05) is 5.69 Å². The summed E-state index contributed by atoms with van der Waals surface area (Å²) in [5.74, 6) is -0.426. The van der Waals surface area contributed by atoms with Crippen LogP contribution < -0.4 is 10.5 Å². The number of carbonyl (C=O) groups is 1. The molecule has 1 aliphatic rings. The third-order valence-electron chi connectivity index (χ3n) is 6.19. The fraction of sp³-hybridized carbons (Fsp3) is 0.280. The largest absolute Gasteiger partial charge is 0.307 e. The highest BCUT2D eigenvalue weighted by molar-refractivity contribution is 7.91. The quantitative estimate of drug-likeness (QED) is 0.424. The summed E-state index contributed by atoms with van der Waals surface area (Å²) < 4.78 is 27.1. The van der Waals surface area contributed by atoms with Crippen molar-refractivity contribution >= 4 is 32.5 Å². The molecular weight excluding hydrogens is 466 g/mol. The number of para-hydroxylation sites is 1. The van der Waals surface area contributed by atoms with Crippen molar-refractivity contribution in [3.8, 4) is 5.69 Å². The Bertz CT molecular complexity index is 1570. The van der Waals surface area contributed by atoms with E-state index in [4.69, 9.17) is 0 Å². The standard InChI is InChI=1S/C25H25N5O4S/c1-17-10-18(2)12-21(11-17)30-24-22(13-27-30)25(32)28(16-26-24)14-23(31)29(19-6-4-3-5-7-19)20-8-9-35(33,34)15-20/h3-7,10-13,16,20H,8-9,14-15H2,1-2H3. The third kappa shape index (κ3) is 4.49. The lowest BCUT2D eigenvalue weighted by atomic mass is 10.1. The maximum Gasteiger partial charge on any atom is 0.264 e. The van der Waals surface area contributed by atoms with E-state index in [9.17, 15) is 18.0 Å². The molecule has 5 rings (SSSR count). The molecule has 180 valence electrons. The molecule has 1 amide bonds. The fourth-order valence-corrected chi connectivity index (χ4v) is 6.37. The molecule has 1 unspecified atom stereocenters. The zero-order valence-corrected chi connectivity index (χ0v) is 20.3. The van der Waals surface area contributed by atoms with Gasteiger partial charge in [0.25, 0.3) is 5.56 Å². The van der Waals surface area contributed by atoms with Gasteiger partial charge in [-0.05, 0) is 55.7 Å². The Labute approximate surface area is 202 Å². The number of benzene rings is 2. The Morgan fingerprint density at radius 2 is 1.83 bits per heavy atom. The van der Waals surface area contributed by atoms with Gasteiger partial charge in [0.05, 0.1) is 29.4 Å². The average Bonchev–Trinajstić information content (AvgIpc) is 3.39. The van der Waals surface area contributed by atoms with Crippen molar-refractivity contribution in [1.29, 1.82) is 0 Å². The molecule has 0 N–H and O–H groups in total. The minimum atomic E-state index is -3.21. The molecule has 1 aliphatic heterocycles. The molecule has 1 saturated heterocycles. The zero-order valence-electron chi connectivity index (χ0n) is 19.5. The number of fused-ring (bicyclic) bond motifs is 1. The predicted octanol–water partition coefficient (Wildman–Crippen LogP) is 2.42. The lowest BCUT2D eigenvalue weighted by Crippen LogP contribution is -2.44. The summed E-state index contributed by atoms with van der Waals surface area (Å²) in [6, 6.07) is 14.4. The van der Waals surface area contributed by atoms with E-state index in [0.717, 1.165) is 16.8 Å². The first-order chi connectivity index (χ1) is 16.7. The molecule has 0 bridgehead atoms. The molecule has 1 fully saturated rings. The van der Waals surface area contributed by atoms with Crippen molar-refractivity contribution in [3.63, 3.8) is 0 Å². The van der Waals surface area contributed by atoms with Crippen molar-refractivity contribution in [2.75, 3.05) is 16.4 Å². The van der Waals surface area contributed by atoms with Crippen molar-refractivity contribution in [2.45, 2.75) is 32.9 Å². The van der Waals surface area contributed by atoms with Crippen LogP contribution in [0.5, 0.6) is 0 Å². The molecule has 4 aromatic rings. The molecule has 0 radical (unpaired) electrons. The first kappa shape index (κ1) is 23.0. The fourth-order valence-electron chi connectivity index (χ4n) is 4.67. The SMILES string of the molecule is Cc1cc(C)cc(-n2ncc3c(=O)n(CC(=O)N(c4ccccc4)C4CCS(=O)(=O)C4)cnc32)c1. The number of hydrogen-bond donors (Lipinski definition) is 0.